The molecule has 0 aliphatic rings. The molecular formula is C24H48N4O7. The topological polar surface area (TPSA) is 158 Å². The Balaban J connectivity index is 0. The van der Waals surface area contributed by atoms with E-state index in [-0.39, 0.29) is 89.1 Å². The number of carbonyl (C=O) groups excluding carboxylic acids is 4. The molecule has 0 aromatic carbocycles. The molecule has 2 unspecified atom stereocenters. The zero-order valence-corrected chi connectivity index (χ0v) is 22.5. The first-order valence-corrected chi connectivity index (χ1v) is 12.5. The molecule has 0 rings (SSSR count). The maximum Gasteiger partial charge on any atom is 0.222 e. The molecule has 4 amide bonds. The van der Waals surface area contributed by atoms with Gasteiger partial charge in [0.25, 0.3) is 0 Å². The van der Waals surface area contributed by atoms with Crippen molar-refractivity contribution >= 4 is 23.6 Å². The van der Waals surface area contributed by atoms with Gasteiger partial charge >= 0.3 is 0 Å². The molecule has 0 aliphatic heterocycles. The average Bonchev–Trinajstić information content (AvgIpc) is 2.83. The molecule has 0 bridgehead atoms. The first kappa shape index (κ1) is 34.9. The number of nitrogens with two attached hydrogens (primary N) is 1. The average molecular weight is 505 g/mol. The van der Waals surface area contributed by atoms with E-state index in [2.05, 4.69) is 22.9 Å². The molecule has 0 aromatic heterocycles. The molecular weight excluding hydrogens is 456 g/mol. The van der Waals surface area contributed by atoms with E-state index in [4.69, 9.17) is 19.9 Å². The van der Waals surface area contributed by atoms with Crippen molar-refractivity contribution < 1.29 is 33.4 Å². The van der Waals surface area contributed by atoms with E-state index in [9.17, 15) is 19.2 Å². The maximum absolute atomic E-state index is 12.2. The maximum atomic E-state index is 12.2. The van der Waals surface area contributed by atoms with Gasteiger partial charge in [-0.3, -0.25) is 19.2 Å². The molecule has 11 heteroatoms. The van der Waals surface area contributed by atoms with E-state index < -0.39 is 11.4 Å². The third kappa shape index (κ3) is 19.7. The Bertz CT molecular complexity index is 604. The molecule has 0 fully saturated rings. The van der Waals surface area contributed by atoms with Crippen LogP contribution in [0.2, 0.25) is 0 Å². The Morgan fingerprint density at radius 1 is 0.829 bits per heavy atom. The number of nitrogens with one attached hydrogen (secondary N) is 3. The second-order valence-corrected chi connectivity index (χ2v) is 7.99. The van der Waals surface area contributed by atoms with Crippen LogP contribution in [-0.2, 0) is 33.4 Å². The number of hydrogen-bond donors (Lipinski definition) is 4. The Hall–Kier alpha value is -2.24. The van der Waals surface area contributed by atoms with Gasteiger partial charge in [0.2, 0.25) is 23.6 Å². The fourth-order valence-corrected chi connectivity index (χ4v) is 2.90. The lowest BCUT2D eigenvalue weighted by Gasteiger charge is -2.34. The van der Waals surface area contributed by atoms with E-state index in [1.165, 1.54) is 7.05 Å². The summed E-state index contributed by atoms with van der Waals surface area (Å²) < 4.78 is 17.0. The van der Waals surface area contributed by atoms with Gasteiger partial charge in [0, 0.05) is 38.8 Å². The SMILES string of the molecule is CC.CCCC(C)NC(=O)CCOCC(COCCC(N)=O)(COCCC(=O)NC)NC(=O)CC. The van der Waals surface area contributed by atoms with Crippen LogP contribution in [0.1, 0.15) is 73.1 Å². The van der Waals surface area contributed by atoms with Gasteiger partial charge in [-0.25, -0.2) is 0 Å². The quantitative estimate of drug-likeness (QED) is 0.180. The van der Waals surface area contributed by atoms with Crippen LogP contribution in [0.15, 0.2) is 0 Å². The third-order valence-electron chi connectivity index (χ3n) is 4.71. The van der Waals surface area contributed by atoms with Crippen molar-refractivity contribution in [3.63, 3.8) is 0 Å². The van der Waals surface area contributed by atoms with E-state index in [1.807, 2.05) is 20.8 Å². The minimum Gasteiger partial charge on any atom is -0.378 e. The minimum atomic E-state index is -1.06. The molecule has 0 saturated carbocycles. The number of hydrogen-bond acceptors (Lipinski definition) is 7. The zero-order valence-electron chi connectivity index (χ0n) is 22.5. The highest BCUT2D eigenvalue weighted by Gasteiger charge is 2.33. The number of carbonyl (C=O) groups is 4. The Labute approximate surface area is 210 Å². The predicted molar refractivity (Wildman–Crippen MR) is 135 cm³/mol. The van der Waals surface area contributed by atoms with E-state index in [0.717, 1.165) is 12.8 Å². The summed E-state index contributed by atoms with van der Waals surface area (Å²) in [5.41, 5.74) is 4.09. The summed E-state index contributed by atoms with van der Waals surface area (Å²) in [7, 11) is 1.54. The van der Waals surface area contributed by atoms with Crippen molar-refractivity contribution in [1.29, 1.82) is 0 Å². The largest absolute Gasteiger partial charge is 0.378 e. The van der Waals surface area contributed by atoms with Gasteiger partial charge in [-0.1, -0.05) is 34.1 Å². The van der Waals surface area contributed by atoms with Crippen LogP contribution in [0, 0.1) is 0 Å². The van der Waals surface area contributed by atoms with Gasteiger partial charge in [0.1, 0.15) is 5.54 Å². The van der Waals surface area contributed by atoms with Crippen LogP contribution >= 0.6 is 0 Å². The lowest BCUT2D eigenvalue weighted by Crippen LogP contribution is -2.58. The molecule has 2 atom stereocenters. The van der Waals surface area contributed by atoms with Crippen LogP contribution in [-0.4, -0.2) is 81.9 Å². The standard InChI is InChI=1S/C22H42N4O7.C2H6/c1-5-7-17(3)25-21(30)10-13-33-16-22(26-19(28)6-2,14-31-11-8-18(23)27)15-32-12-9-20(29)24-4;1-2/h17H,5-16H2,1-4H3,(H2,23,27)(H,24,29)(H,25,30)(H,26,28);1-2H3. The highest BCUT2D eigenvalue weighted by molar-refractivity contribution is 5.77. The van der Waals surface area contributed by atoms with Crippen molar-refractivity contribution in [2.24, 2.45) is 5.73 Å². The van der Waals surface area contributed by atoms with Crippen molar-refractivity contribution in [1.82, 2.24) is 16.0 Å². The summed E-state index contributed by atoms with van der Waals surface area (Å²) in [4.78, 5) is 46.7. The lowest BCUT2D eigenvalue weighted by atomic mass is 10.0. The van der Waals surface area contributed by atoms with Crippen LogP contribution in [0.25, 0.3) is 0 Å². The Morgan fingerprint density at radius 2 is 1.31 bits per heavy atom. The van der Waals surface area contributed by atoms with Crippen molar-refractivity contribution in [2.75, 3.05) is 46.7 Å². The number of amides is 4. The minimum absolute atomic E-state index is 0.00568. The van der Waals surface area contributed by atoms with Crippen LogP contribution < -0.4 is 21.7 Å². The van der Waals surface area contributed by atoms with Gasteiger partial charge in [-0.05, 0) is 13.3 Å². The molecule has 0 radical (unpaired) electrons. The van der Waals surface area contributed by atoms with Crippen LogP contribution in [0.3, 0.4) is 0 Å². The summed E-state index contributed by atoms with van der Waals surface area (Å²) in [5.74, 6) is -1.02. The lowest BCUT2D eigenvalue weighted by molar-refractivity contribution is -0.130. The normalized spacial score (nSPS) is 13.0. The Kier molecular flexibility index (Phi) is 22.2. The van der Waals surface area contributed by atoms with Crippen molar-refractivity contribution in [3.05, 3.63) is 0 Å². The Morgan fingerprint density at radius 3 is 1.74 bits per heavy atom. The van der Waals surface area contributed by atoms with E-state index >= 15 is 0 Å². The van der Waals surface area contributed by atoms with Gasteiger partial charge in [0.05, 0.1) is 39.6 Å². The van der Waals surface area contributed by atoms with Crippen LogP contribution in [0.5, 0.6) is 0 Å². The smallest absolute Gasteiger partial charge is 0.222 e. The molecule has 206 valence electrons. The monoisotopic (exact) mass is 504 g/mol. The molecule has 0 aliphatic carbocycles. The summed E-state index contributed by atoms with van der Waals surface area (Å²) in [6.07, 6.45) is 2.48. The van der Waals surface area contributed by atoms with Gasteiger partial charge in [-0.2, -0.15) is 0 Å². The third-order valence-corrected chi connectivity index (χ3v) is 4.71. The summed E-state index contributed by atoms with van der Waals surface area (Å²) >= 11 is 0. The van der Waals surface area contributed by atoms with Crippen molar-refractivity contribution in [2.45, 2.75) is 84.7 Å². The number of primary amides is 1. The van der Waals surface area contributed by atoms with Crippen LogP contribution in [0.4, 0.5) is 0 Å². The number of rotatable bonds is 20. The summed E-state index contributed by atoms with van der Waals surface area (Å²) in [6, 6.07) is 0.0952. The molecule has 0 heterocycles. The second-order valence-electron chi connectivity index (χ2n) is 7.99. The van der Waals surface area contributed by atoms with Gasteiger partial charge in [0.15, 0.2) is 0 Å². The first-order valence-electron chi connectivity index (χ1n) is 12.5. The van der Waals surface area contributed by atoms with E-state index in [1.54, 1.807) is 6.92 Å². The highest BCUT2D eigenvalue weighted by Crippen LogP contribution is 2.11. The molecule has 0 aromatic rings. The van der Waals surface area contributed by atoms with E-state index in [0.29, 0.717) is 0 Å². The summed E-state index contributed by atoms with van der Waals surface area (Å²) in [5, 5.41) is 8.30. The molecule has 0 spiro atoms. The molecule has 0 saturated heterocycles. The van der Waals surface area contributed by atoms with Gasteiger partial charge in [-0.15, -0.1) is 0 Å². The van der Waals surface area contributed by atoms with Gasteiger partial charge < -0.3 is 35.9 Å². The van der Waals surface area contributed by atoms with Crippen molar-refractivity contribution in [3.8, 4) is 0 Å². The predicted octanol–water partition coefficient (Wildman–Crippen LogP) is 1.03. The first-order chi connectivity index (χ1) is 16.7. The summed E-state index contributed by atoms with van der Waals surface area (Å²) in [6.45, 7) is 10.1. The molecule has 5 N–H and O–H groups in total. The zero-order chi connectivity index (χ0) is 27.1. The fraction of sp³-hybridized carbons (Fsp3) is 0.833. The highest BCUT2D eigenvalue weighted by atomic mass is 16.5. The molecule has 35 heavy (non-hydrogen) atoms. The number of ether oxygens (including phenoxy) is 3. The molecule has 11 nitrogen and oxygen atoms in total. The second kappa shape index (κ2) is 22.2. The fourth-order valence-electron chi connectivity index (χ4n) is 2.90.